The van der Waals surface area contributed by atoms with Gasteiger partial charge >= 0.3 is 0 Å². The highest BCUT2D eigenvalue weighted by Gasteiger charge is 2.49. The molecule has 3 heterocycles. The highest BCUT2D eigenvalue weighted by Crippen LogP contribution is 2.29. The zero-order valence-electron chi connectivity index (χ0n) is 12.9. The van der Waals surface area contributed by atoms with Crippen molar-refractivity contribution in [1.29, 1.82) is 0 Å². The maximum absolute atomic E-state index is 12.7. The number of fused-ring (bicyclic) bond motifs is 2. The molecule has 122 valence electrons. The van der Waals surface area contributed by atoms with E-state index in [4.69, 9.17) is 11.6 Å². The lowest BCUT2D eigenvalue weighted by Crippen LogP contribution is -2.68. The first-order valence-corrected chi connectivity index (χ1v) is 8.59. The number of benzene rings is 1. The van der Waals surface area contributed by atoms with Gasteiger partial charge in [-0.05, 0) is 30.5 Å². The van der Waals surface area contributed by atoms with E-state index in [9.17, 15) is 9.59 Å². The van der Waals surface area contributed by atoms with Gasteiger partial charge in [0.25, 0.3) is 0 Å². The van der Waals surface area contributed by atoms with Gasteiger partial charge in [0.15, 0.2) is 0 Å². The van der Waals surface area contributed by atoms with Crippen LogP contribution in [0.2, 0.25) is 5.02 Å². The van der Waals surface area contributed by atoms with Gasteiger partial charge in [-0.15, -0.1) is 0 Å². The van der Waals surface area contributed by atoms with Gasteiger partial charge in [-0.1, -0.05) is 23.7 Å². The SMILES string of the molecule is O=C1[C@H]2CN(Cc3cccc(Cl)c3)CCN2C(=O)[C@H]2CCCN12. The zero-order valence-corrected chi connectivity index (χ0v) is 13.7. The first-order valence-electron chi connectivity index (χ1n) is 8.21. The van der Waals surface area contributed by atoms with Crippen molar-refractivity contribution in [1.82, 2.24) is 14.7 Å². The van der Waals surface area contributed by atoms with Gasteiger partial charge in [0, 0.05) is 37.7 Å². The maximum Gasteiger partial charge on any atom is 0.247 e. The molecule has 1 aromatic rings. The maximum atomic E-state index is 12.7. The molecule has 4 rings (SSSR count). The van der Waals surface area contributed by atoms with E-state index in [0.29, 0.717) is 13.1 Å². The molecule has 3 aliphatic rings. The summed E-state index contributed by atoms with van der Waals surface area (Å²) >= 11 is 6.04. The number of rotatable bonds is 2. The van der Waals surface area contributed by atoms with Crippen molar-refractivity contribution in [3.05, 3.63) is 34.9 Å². The van der Waals surface area contributed by atoms with E-state index in [0.717, 1.165) is 43.1 Å². The van der Waals surface area contributed by atoms with Gasteiger partial charge in [0.05, 0.1) is 0 Å². The Morgan fingerprint density at radius 2 is 1.83 bits per heavy atom. The second-order valence-electron chi connectivity index (χ2n) is 6.60. The molecule has 3 aliphatic heterocycles. The molecule has 2 atom stereocenters. The molecule has 0 saturated carbocycles. The predicted molar refractivity (Wildman–Crippen MR) is 87.0 cm³/mol. The van der Waals surface area contributed by atoms with Crippen molar-refractivity contribution in [2.75, 3.05) is 26.2 Å². The van der Waals surface area contributed by atoms with E-state index in [1.54, 1.807) is 4.90 Å². The van der Waals surface area contributed by atoms with Crippen molar-refractivity contribution < 1.29 is 9.59 Å². The summed E-state index contributed by atoms with van der Waals surface area (Å²) < 4.78 is 0. The third kappa shape index (κ3) is 2.62. The number of hydrogen-bond acceptors (Lipinski definition) is 3. The average Bonchev–Trinajstić information content (AvgIpc) is 3.03. The minimum absolute atomic E-state index is 0.128. The summed E-state index contributed by atoms with van der Waals surface area (Å²) in [5.41, 5.74) is 1.14. The Balaban J connectivity index is 1.49. The van der Waals surface area contributed by atoms with Crippen LogP contribution in [0.15, 0.2) is 24.3 Å². The van der Waals surface area contributed by atoms with Gasteiger partial charge < -0.3 is 9.80 Å². The van der Waals surface area contributed by atoms with Crippen LogP contribution in [0, 0.1) is 0 Å². The van der Waals surface area contributed by atoms with Crippen LogP contribution >= 0.6 is 11.6 Å². The molecule has 0 N–H and O–H groups in total. The normalized spacial score (nSPS) is 28.0. The Morgan fingerprint density at radius 1 is 1.04 bits per heavy atom. The number of nitrogens with zero attached hydrogens (tertiary/aromatic N) is 3. The molecule has 0 aliphatic carbocycles. The summed E-state index contributed by atoms with van der Waals surface area (Å²) in [7, 11) is 0. The Labute approximate surface area is 140 Å². The highest BCUT2D eigenvalue weighted by molar-refractivity contribution is 6.30. The Morgan fingerprint density at radius 3 is 2.65 bits per heavy atom. The third-order valence-corrected chi connectivity index (χ3v) is 5.38. The molecule has 2 amide bonds. The molecule has 0 radical (unpaired) electrons. The van der Waals surface area contributed by atoms with Gasteiger partial charge in [-0.25, -0.2) is 0 Å². The molecule has 23 heavy (non-hydrogen) atoms. The number of carbonyl (C=O) groups excluding carboxylic acids is 2. The first kappa shape index (κ1) is 15.0. The largest absolute Gasteiger partial charge is 0.329 e. The Kier molecular flexibility index (Phi) is 3.77. The number of amides is 2. The summed E-state index contributed by atoms with van der Waals surface area (Å²) in [6.07, 6.45) is 1.76. The Hall–Kier alpha value is -1.59. The number of piperazine rings is 2. The van der Waals surface area contributed by atoms with Gasteiger partial charge in [-0.2, -0.15) is 0 Å². The first-order chi connectivity index (χ1) is 11.1. The molecule has 3 fully saturated rings. The molecular formula is C17H20ClN3O2. The van der Waals surface area contributed by atoms with E-state index in [2.05, 4.69) is 4.90 Å². The second kappa shape index (κ2) is 5.80. The Bertz CT molecular complexity index is 650. The lowest BCUT2D eigenvalue weighted by Gasteiger charge is -2.47. The molecule has 0 unspecified atom stereocenters. The second-order valence-corrected chi connectivity index (χ2v) is 7.04. The van der Waals surface area contributed by atoms with Crippen molar-refractivity contribution in [2.45, 2.75) is 31.5 Å². The van der Waals surface area contributed by atoms with E-state index in [-0.39, 0.29) is 23.9 Å². The minimum Gasteiger partial charge on any atom is -0.329 e. The molecule has 0 spiro atoms. The molecule has 0 bridgehead atoms. The van der Waals surface area contributed by atoms with Crippen molar-refractivity contribution >= 4 is 23.4 Å². The smallest absolute Gasteiger partial charge is 0.247 e. The van der Waals surface area contributed by atoms with Crippen molar-refractivity contribution in [3.63, 3.8) is 0 Å². The quantitative estimate of drug-likeness (QED) is 0.821. The van der Waals surface area contributed by atoms with Gasteiger partial charge in [0.2, 0.25) is 11.8 Å². The minimum atomic E-state index is -0.315. The standard InChI is InChI=1S/C17H20ClN3O2/c18-13-4-1-3-12(9-13)10-19-7-8-21-15(11-19)17(23)20-6-2-5-14(20)16(21)22/h1,3-4,9,14-15H,2,5-8,10-11H2/t14-,15-/m1/s1. The van der Waals surface area contributed by atoms with E-state index in [1.807, 2.05) is 29.2 Å². The van der Waals surface area contributed by atoms with E-state index in [1.165, 1.54) is 0 Å². The van der Waals surface area contributed by atoms with Crippen LogP contribution in [0.4, 0.5) is 0 Å². The van der Waals surface area contributed by atoms with Crippen LogP contribution in [-0.4, -0.2) is 64.8 Å². The van der Waals surface area contributed by atoms with Crippen LogP contribution < -0.4 is 0 Å². The van der Waals surface area contributed by atoms with Crippen LogP contribution in [0.3, 0.4) is 0 Å². The zero-order chi connectivity index (χ0) is 16.0. The summed E-state index contributed by atoms with van der Waals surface area (Å²) in [5.74, 6) is 0.275. The van der Waals surface area contributed by atoms with Crippen LogP contribution in [0.5, 0.6) is 0 Å². The van der Waals surface area contributed by atoms with Crippen molar-refractivity contribution in [2.24, 2.45) is 0 Å². The summed E-state index contributed by atoms with van der Waals surface area (Å²) in [6.45, 7) is 3.54. The average molecular weight is 334 g/mol. The molecule has 3 saturated heterocycles. The van der Waals surface area contributed by atoms with E-state index >= 15 is 0 Å². The number of hydrogen-bond donors (Lipinski definition) is 0. The number of carbonyl (C=O) groups is 2. The highest BCUT2D eigenvalue weighted by atomic mass is 35.5. The van der Waals surface area contributed by atoms with Crippen LogP contribution in [0.25, 0.3) is 0 Å². The lowest BCUT2D eigenvalue weighted by molar-refractivity contribution is -0.163. The van der Waals surface area contributed by atoms with Crippen LogP contribution in [-0.2, 0) is 16.1 Å². The van der Waals surface area contributed by atoms with Crippen LogP contribution in [0.1, 0.15) is 18.4 Å². The van der Waals surface area contributed by atoms with Gasteiger partial charge in [0.1, 0.15) is 12.1 Å². The third-order valence-electron chi connectivity index (χ3n) is 5.15. The fourth-order valence-corrected chi connectivity index (χ4v) is 4.23. The van der Waals surface area contributed by atoms with Crippen molar-refractivity contribution in [3.8, 4) is 0 Å². The monoisotopic (exact) mass is 333 g/mol. The number of halogens is 1. The molecule has 0 aromatic heterocycles. The summed E-state index contributed by atoms with van der Waals surface area (Å²) in [4.78, 5) is 31.2. The molecule has 1 aromatic carbocycles. The molecule has 5 nitrogen and oxygen atoms in total. The molecular weight excluding hydrogens is 314 g/mol. The summed E-state index contributed by atoms with van der Waals surface area (Å²) in [6, 6.07) is 7.29. The fraction of sp³-hybridized carbons (Fsp3) is 0.529. The fourth-order valence-electron chi connectivity index (χ4n) is 4.02. The van der Waals surface area contributed by atoms with Gasteiger partial charge in [-0.3, -0.25) is 14.5 Å². The lowest BCUT2D eigenvalue weighted by atomic mass is 10.0. The molecule has 6 heteroatoms. The summed E-state index contributed by atoms with van der Waals surface area (Å²) in [5, 5.41) is 0.727. The van der Waals surface area contributed by atoms with E-state index < -0.39 is 0 Å². The topological polar surface area (TPSA) is 43.9 Å². The predicted octanol–water partition coefficient (Wildman–Crippen LogP) is 1.36.